The summed E-state index contributed by atoms with van der Waals surface area (Å²) in [6.07, 6.45) is -5.06. The number of nitrogens with one attached hydrogen (secondary N) is 3. The zero-order chi connectivity index (χ0) is 43.2. The minimum atomic E-state index is -5.61. The first-order valence-corrected chi connectivity index (χ1v) is 17.7. The number of aliphatic hydroxyl groups excluding tert-OH is 1. The SMILES string of the molecule is C[C@@H](NC(=O)[C@](N)(CCNC(=O)[C@@H](O)[C@@H](c1nc(-c2cc(F)ccc2F)cn1Cc1ccccc1)C(C)(C)C)OC(=O)C(F)(F)F)C(=O)NCCN1C(=O)C=CC1=O. The van der Waals surface area contributed by atoms with Crippen molar-refractivity contribution in [3.05, 3.63) is 89.9 Å². The summed E-state index contributed by atoms with van der Waals surface area (Å²) in [5, 5.41) is 18.2. The van der Waals surface area contributed by atoms with Gasteiger partial charge in [0.2, 0.25) is 17.5 Å². The molecule has 6 N–H and O–H groups in total. The molecule has 0 saturated carbocycles. The lowest BCUT2D eigenvalue weighted by molar-refractivity contribution is -0.214. The highest BCUT2D eigenvalue weighted by atomic mass is 19.4. The molecule has 312 valence electrons. The minimum Gasteiger partial charge on any atom is -0.428 e. The Morgan fingerprint density at radius 1 is 0.931 bits per heavy atom. The van der Waals surface area contributed by atoms with E-state index >= 15 is 0 Å². The lowest BCUT2D eigenvalue weighted by Crippen LogP contribution is -2.62. The molecule has 20 heteroatoms. The Hall–Kier alpha value is -6.02. The number of rotatable bonds is 16. The fourth-order valence-electron chi connectivity index (χ4n) is 5.95. The zero-order valence-electron chi connectivity index (χ0n) is 31.7. The van der Waals surface area contributed by atoms with Crippen LogP contribution in [0.2, 0.25) is 0 Å². The topological polar surface area (TPSA) is 215 Å². The highest BCUT2D eigenvalue weighted by molar-refractivity contribution is 6.12. The number of alkyl halides is 3. The summed E-state index contributed by atoms with van der Waals surface area (Å²) in [6.45, 7) is 5.01. The van der Waals surface area contributed by atoms with Crippen LogP contribution in [0.4, 0.5) is 22.0 Å². The molecule has 2 heterocycles. The van der Waals surface area contributed by atoms with E-state index in [0.717, 1.165) is 47.7 Å². The number of hydrogen-bond acceptors (Lipinski definition) is 10. The third kappa shape index (κ3) is 11.1. The Morgan fingerprint density at radius 2 is 1.55 bits per heavy atom. The second-order valence-electron chi connectivity index (χ2n) is 14.5. The number of nitrogens with two attached hydrogens (primary N) is 1. The monoisotopic (exact) mass is 819 g/mol. The van der Waals surface area contributed by atoms with Gasteiger partial charge < -0.3 is 30.4 Å². The summed E-state index contributed by atoms with van der Waals surface area (Å²) in [5.74, 6) is -10.3. The Bertz CT molecular complexity index is 2050. The van der Waals surface area contributed by atoms with Crippen molar-refractivity contribution in [3.63, 3.8) is 0 Å². The second-order valence-corrected chi connectivity index (χ2v) is 14.5. The van der Waals surface area contributed by atoms with Crippen LogP contribution in [0.25, 0.3) is 11.3 Å². The first kappa shape index (κ1) is 44.7. The average molecular weight is 820 g/mol. The fourth-order valence-corrected chi connectivity index (χ4v) is 5.95. The van der Waals surface area contributed by atoms with E-state index in [1.165, 1.54) is 6.20 Å². The molecular weight excluding hydrogens is 777 g/mol. The van der Waals surface area contributed by atoms with Crippen molar-refractivity contribution in [1.29, 1.82) is 0 Å². The zero-order valence-corrected chi connectivity index (χ0v) is 31.7. The fraction of sp³-hybridized carbons (Fsp3) is 0.395. The van der Waals surface area contributed by atoms with Crippen LogP contribution < -0.4 is 21.7 Å². The lowest BCUT2D eigenvalue weighted by Gasteiger charge is -2.34. The van der Waals surface area contributed by atoms with Crippen LogP contribution in [0.5, 0.6) is 0 Å². The summed E-state index contributed by atoms with van der Waals surface area (Å²) >= 11 is 0. The third-order valence-corrected chi connectivity index (χ3v) is 8.97. The molecule has 15 nitrogen and oxygen atoms in total. The predicted molar refractivity (Wildman–Crippen MR) is 194 cm³/mol. The lowest BCUT2D eigenvalue weighted by atomic mass is 9.76. The van der Waals surface area contributed by atoms with E-state index in [0.29, 0.717) is 0 Å². The molecule has 0 bridgehead atoms. The normalized spacial score (nSPS) is 15.7. The van der Waals surface area contributed by atoms with Crippen LogP contribution in [0.3, 0.4) is 0 Å². The van der Waals surface area contributed by atoms with Gasteiger partial charge in [-0.2, -0.15) is 13.2 Å². The van der Waals surface area contributed by atoms with Crippen molar-refractivity contribution in [2.24, 2.45) is 11.1 Å². The van der Waals surface area contributed by atoms with Gasteiger partial charge in [-0.25, -0.2) is 18.6 Å². The van der Waals surface area contributed by atoms with Gasteiger partial charge in [0.1, 0.15) is 29.6 Å². The number of imidazole rings is 1. The van der Waals surface area contributed by atoms with Gasteiger partial charge in [0.05, 0.1) is 11.6 Å². The van der Waals surface area contributed by atoms with Crippen LogP contribution in [-0.4, -0.2) is 98.7 Å². The number of nitrogens with zero attached hydrogens (tertiary/aromatic N) is 3. The molecule has 4 rings (SSSR count). The Labute approximate surface area is 328 Å². The molecule has 3 aromatic rings. The van der Waals surface area contributed by atoms with Crippen molar-refractivity contribution in [2.45, 2.75) is 70.6 Å². The molecule has 0 spiro atoms. The smallest absolute Gasteiger partial charge is 0.428 e. The van der Waals surface area contributed by atoms with Gasteiger partial charge >= 0.3 is 12.1 Å². The van der Waals surface area contributed by atoms with Crippen LogP contribution in [0, 0.1) is 17.0 Å². The number of imide groups is 1. The molecule has 1 aliphatic heterocycles. The predicted octanol–water partition coefficient (Wildman–Crippen LogP) is 2.18. The van der Waals surface area contributed by atoms with Gasteiger partial charge in [-0.15, -0.1) is 0 Å². The Kier molecular flexibility index (Phi) is 13.9. The van der Waals surface area contributed by atoms with Crippen molar-refractivity contribution in [2.75, 3.05) is 19.6 Å². The molecule has 0 saturated heterocycles. The number of halogens is 5. The van der Waals surface area contributed by atoms with Crippen molar-refractivity contribution in [3.8, 4) is 11.3 Å². The minimum absolute atomic E-state index is 0.00722. The van der Waals surface area contributed by atoms with Gasteiger partial charge in [0.25, 0.3) is 17.7 Å². The van der Waals surface area contributed by atoms with E-state index in [2.05, 4.69) is 20.4 Å². The second kappa shape index (κ2) is 18.1. The van der Waals surface area contributed by atoms with E-state index < -0.39 is 95.5 Å². The maximum Gasteiger partial charge on any atom is 0.491 e. The number of esters is 1. The number of carbonyl (C=O) groups excluding carboxylic acids is 6. The van der Waals surface area contributed by atoms with Gasteiger partial charge in [-0.1, -0.05) is 51.1 Å². The van der Waals surface area contributed by atoms with Gasteiger partial charge in [0, 0.05) is 56.5 Å². The maximum absolute atomic E-state index is 14.9. The Morgan fingerprint density at radius 3 is 2.16 bits per heavy atom. The molecule has 0 fully saturated rings. The van der Waals surface area contributed by atoms with Gasteiger partial charge in [-0.05, 0) is 36.1 Å². The van der Waals surface area contributed by atoms with Gasteiger partial charge in [0.15, 0.2) is 0 Å². The molecule has 1 aromatic heterocycles. The van der Waals surface area contributed by atoms with E-state index in [1.54, 1.807) is 55.7 Å². The van der Waals surface area contributed by atoms with E-state index in [1.807, 2.05) is 5.32 Å². The van der Waals surface area contributed by atoms with Crippen LogP contribution in [0.15, 0.2) is 66.9 Å². The largest absolute Gasteiger partial charge is 0.491 e. The summed E-state index contributed by atoms with van der Waals surface area (Å²) in [4.78, 5) is 80.0. The summed E-state index contributed by atoms with van der Waals surface area (Å²) in [7, 11) is 0. The molecule has 0 aliphatic carbocycles. The molecule has 4 atom stereocenters. The molecule has 0 unspecified atom stereocenters. The van der Waals surface area contributed by atoms with Crippen molar-refractivity contribution >= 4 is 35.5 Å². The molecule has 58 heavy (non-hydrogen) atoms. The maximum atomic E-state index is 14.9. The summed E-state index contributed by atoms with van der Waals surface area (Å²) in [5.41, 5.74) is 2.36. The molecule has 1 aliphatic rings. The van der Waals surface area contributed by atoms with E-state index in [4.69, 9.17) is 5.73 Å². The standard InChI is InChI=1S/C38H42F5N7O8/c1-21(32(54)46-16-17-50-27(51)12-13-28(50)52)47-34(56)37(44,58-35(57)38(41,42)43)14-15-45-33(55)30(53)29(36(2,3)4)31-48-26(24-18-23(39)10-11-25(24)40)20-49(31)19-22-8-6-5-7-9-22/h5-13,18,20-21,29-30,53H,14-17,19,44H2,1-4H3,(H,45,55)(H,46,54)(H,47,56)/t21-,29+,30+,37+/m1/s1. The van der Waals surface area contributed by atoms with Crippen molar-refractivity contribution < 1.29 is 60.6 Å². The molecule has 5 amide bonds. The molecule has 2 aromatic carbocycles. The first-order valence-electron chi connectivity index (χ1n) is 17.7. The summed E-state index contributed by atoms with van der Waals surface area (Å²) < 4.78 is 74.8. The highest BCUT2D eigenvalue weighted by Crippen LogP contribution is 2.39. The first-order chi connectivity index (χ1) is 27.0. The number of aromatic nitrogens is 2. The van der Waals surface area contributed by atoms with Crippen molar-refractivity contribution in [1.82, 2.24) is 30.4 Å². The highest BCUT2D eigenvalue weighted by Gasteiger charge is 2.49. The van der Waals surface area contributed by atoms with Gasteiger partial charge in [-0.3, -0.25) is 34.6 Å². The van der Waals surface area contributed by atoms with Crippen LogP contribution in [0.1, 0.15) is 51.4 Å². The number of hydrogen-bond donors (Lipinski definition) is 5. The molecular formula is C38H42F5N7O8. The number of ether oxygens (including phenoxy) is 1. The average Bonchev–Trinajstić information content (AvgIpc) is 3.69. The number of aliphatic hydroxyl groups is 1. The van der Waals surface area contributed by atoms with E-state index in [-0.39, 0.29) is 36.7 Å². The van der Waals surface area contributed by atoms with Crippen LogP contribution in [-0.2, 0) is 40.0 Å². The van der Waals surface area contributed by atoms with Crippen LogP contribution >= 0.6 is 0 Å². The number of benzene rings is 2. The van der Waals surface area contributed by atoms with E-state index in [9.17, 15) is 55.8 Å². The number of carbonyl (C=O) groups is 6. The summed E-state index contributed by atoms with van der Waals surface area (Å²) in [6, 6.07) is 10.2. The quantitative estimate of drug-likeness (QED) is 0.0615. The third-order valence-electron chi connectivity index (χ3n) is 8.97. The molecule has 0 radical (unpaired) electrons. The Balaban J connectivity index is 1.52. The number of amides is 5.